The molecule has 0 radical (unpaired) electrons. The number of amides is 1. The van der Waals surface area contributed by atoms with Crippen LogP contribution in [0.2, 0.25) is 0 Å². The Morgan fingerprint density at radius 1 is 1.03 bits per heavy atom. The number of nitrogens with one attached hydrogen (secondary N) is 3. The van der Waals surface area contributed by atoms with Gasteiger partial charge in [0, 0.05) is 37.3 Å². The van der Waals surface area contributed by atoms with Gasteiger partial charge in [0.15, 0.2) is 0 Å². The molecule has 3 heterocycles. The van der Waals surface area contributed by atoms with Gasteiger partial charge in [-0.25, -0.2) is 19.9 Å². The minimum absolute atomic E-state index is 0.0531. The number of anilines is 3. The summed E-state index contributed by atoms with van der Waals surface area (Å²) in [6.45, 7) is 0.802. The average Bonchev–Trinajstić information content (AvgIpc) is 3.59. The van der Waals surface area contributed by atoms with Crippen molar-refractivity contribution >= 4 is 23.4 Å². The Balaban J connectivity index is 1.21. The lowest BCUT2D eigenvalue weighted by Crippen LogP contribution is -2.34. The first-order valence-corrected chi connectivity index (χ1v) is 9.74. The molecule has 4 rings (SSSR count). The van der Waals surface area contributed by atoms with Crippen LogP contribution in [0.3, 0.4) is 0 Å². The van der Waals surface area contributed by atoms with E-state index in [1.165, 1.54) is 23.3 Å². The van der Waals surface area contributed by atoms with Gasteiger partial charge in [-0.3, -0.25) is 14.2 Å². The maximum Gasteiger partial charge on any atom is 0.254 e. The van der Waals surface area contributed by atoms with Gasteiger partial charge in [0.1, 0.15) is 30.3 Å². The highest BCUT2D eigenvalue weighted by molar-refractivity contribution is 5.75. The molecule has 0 unspecified atom stereocenters. The molecule has 10 heteroatoms. The van der Waals surface area contributed by atoms with Gasteiger partial charge in [0.2, 0.25) is 5.91 Å². The lowest BCUT2D eigenvalue weighted by Gasteiger charge is -2.10. The SMILES string of the molecule is O=C(Cn1cnc(C2CC2)cc1=O)NCCNc1cc(Nc2ccccn2)ncn1. The minimum atomic E-state index is -0.250. The number of hydrogen-bond donors (Lipinski definition) is 3. The molecule has 1 aliphatic rings. The Kier molecular flexibility index (Phi) is 5.93. The zero-order valence-corrected chi connectivity index (χ0v) is 16.3. The number of hydrogen-bond acceptors (Lipinski definition) is 8. The van der Waals surface area contributed by atoms with E-state index in [0.29, 0.717) is 36.5 Å². The van der Waals surface area contributed by atoms with E-state index in [1.54, 1.807) is 12.3 Å². The summed E-state index contributed by atoms with van der Waals surface area (Å²) in [5.74, 6) is 2.07. The van der Waals surface area contributed by atoms with Crippen LogP contribution in [0.5, 0.6) is 0 Å². The van der Waals surface area contributed by atoms with Crippen LogP contribution in [-0.4, -0.2) is 43.5 Å². The zero-order chi connectivity index (χ0) is 20.8. The molecule has 0 aromatic carbocycles. The molecule has 0 saturated heterocycles. The van der Waals surface area contributed by atoms with Crippen molar-refractivity contribution in [1.82, 2.24) is 29.8 Å². The molecule has 0 spiro atoms. The molecule has 1 aliphatic carbocycles. The summed E-state index contributed by atoms with van der Waals surface area (Å²) in [4.78, 5) is 41.0. The van der Waals surface area contributed by atoms with Gasteiger partial charge in [-0.1, -0.05) is 6.07 Å². The average molecular weight is 406 g/mol. The predicted octanol–water partition coefficient (Wildman–Crippen LogP) is 1.28. The third-order valence-corrected chi connectivity index (χ3v) is 4.55. The molecule has 1 fully saturated rings. The number of nitrogens with zero attached hydrogens (tertiary/aromatic N) is 5. The molecule has 0 aliphatic heterocycles. The smallest absolute Gasteiger partial charge is 0.254 e. The Labute approximate surface area is 172 Å². The van der Waals surface area contributed by atoms with Crippen LogP contribution in [0.4, 0.5) is 17.5 Å². The van der Waals surface area contributed by atoms with Crippen LogP contribution in [0, 0.1) is 0 Å². The number of pyridine rings is 1. The quantitative estimate of drug-likeness (QED) is 0.454. The molecule has 0 atom stereocenters. The summed E-state index contributed by atoms with van der Waals surface area (Å²) < 4.78 is 1.31. The van der Waals surface area contributed by atoms with E-state index >= 15 is 0 Å². The maximum absolute atomic E-state index is 12.1. The van der Waals surface area contributed by atoms with Crippen LogP contribution in [0.15, 0.2) is 54.0 Å². The van der Waals surface area contributed by atoms with E-state index in [2.05, 4.69) is 35.9 Å². The largest absolute Gasteiger partial charge is 0.368 e. The Bertz CT molecular complexity index is 1070. The fraction of sp³-hybridized carbons (Fsp3) is 0.300. The van der Waals surface area contributed by atoms with Crippen LogP contribution >= 0.6 is 0 Å². The fourth-order valence-electron chi connectivity index (χ4n) is 2.85. The highest BCUT2D eigenvalue weighted by Crippen LogP contribution is 2.38. The number of rotatable bonds is 9. The second-order valence-corrected chi connectivity index (χ2v) is 6.96. The first kappa shape index (κ1) is 19.5. The van der Waals surface area contributed by atoms with Gasteiger partial charge in [0.25, 0.3) is 5.56 Å². The standard InChI is InChI=1S/C20H22N8O2/c29-19(11-28-13-26-15(9-20(28)30)14-4-5-14)23-8-7-22-17-10-18(25-12-24-17)27-16-3-1-2-6-21-16/h1-3,6,9-10,12-14H,4-5,7-8,11H2,(H,23,29)(H2,21,22,24,25,27). The highest BCUT2D eigenvalue weighted by Gasteiger charge is 2.25. The van der Waals surface area contributed by atoms with Gasteiger partial charge in [-0.2, -0.15) is 0 Å². The lowest BCUT2D eigenvalue weighted by atomic mass is 10.3. The van der Waals surface area contributed by atoms with E-state index < -0.39 is 0 Å². The van der Waals surface area contributed by atoms with E-state index in [4.69, 9.17) is 0 Å². The minimum Gasteiger partial charge on any atom is -0.368 e. The van der Waals surface area contributed by atoms with Crippen molar-refractivity contribution in [2.45, 2.75) is 25.3 Å². The number of aromatic nitrogens is 5. The van der Waals surface area contributed by atoms with Crippen LogP contribution in [-0.2, 0) is 11.3 Å². The summed E-state index contributed by atoms with van der Waals surface area (Å²) in [5, 5.41) is 8.99. The normalized spacial score (nSPS) is 12.9. The van der Waals surface area contributed by atoms with Gasteiger partial charge in [0.05, 0.1) is 12.0 Å². The lowest BCUT2D eigenvalue weighted by molar-refractivity contribution is -0.121. The summed E-state index contributed by atoms with van der Waals surface area (Å²) in [6.07, 6.45) is 6.74. The Morgan fingerprint density at radius 3 is 2.67 bits per heavy atom. The monoisotopic (exact) mass is 406 g/mol. The van der Waals surface area contributed by atoms with E-state index in [0.717, 1.165) is 18.5 Å². The third-order valence-electron chi connectivity index (χ3n) is 4.55. The Morgan fingerprint density at radius 2 is 1.90 bits per heavy atom. The highest BCUT2D eigenvalue weighted by atomic mass is 16.2. The Hall–Kier alpha value is -3.82. The molecule has 154 valence electrons. The van der Waals surface area contributed by atoms with Crippen molar-refractivity contribution < 1.29 is 4.79 Å². The van der Waals surface area contributed by atoms with Gasteiger partial charge >= 0.3 is 0 Å². The summed E-state index contributed by atoms with van der Waals surface area (Å²) in [6, 6.07) is 8.83. The first-order valence-electron chi connectivity index (χ1n) is 9.74. The summed E-state index contributed by atoms with van der Waals surface area (Å²) >= 11 is 0. The van der Waals surface area contributed by atoms with Gasteiger partial charge < -0.3 is 16.0 Å². The topological polar surface area (TPSA) is 127 Å². The molecule has 0 bridgehead atoms. The summed E-state index contributed by atoms with van der Waals surface area (Å²) in [5.41, 5.74) is 0.622. The second-order valence-electron chi connectivity index (χ2n) is 6.96. The van der Waals surface area contributed by atoms with Crippen molar-refractivity contribution in [3.63, 3.8) is 0 Å². The van der Waals surface area contributed by atoms with Crippen LogP contribution < -0.4 is 21.5 Å². The number of carbonyl (C=O) groups is 1. The van der Waals surface area contributed by atoms with E-state index in [9.17, 15) is 9.59 Å². The molecule has 3 aromatic heterocycles. The summed E-state index contributed by atoms with van der Waals surface area (Å²) in [7, 11) is 0. The maximum atomic E-state index is 12.1. The molecule has 3 N–H and O–H groups in total. The van der Waals surface area contributed by atoms with E-state index in [1.807, 2.05) is 18.2 Å². The third kappa shape index (κ3) is 5.37. The van der Waals surface area contributed by atoms with Gasteiger partial charge in [-0.05, 0) is 25.0 Å². The zero-order valence-electron chi connectivity index (χ0n) is 16.3. The molecule has 3 aromatic rings. The van der Waals surface area contributed by atoms with Crippen molar-refractivity contribution in [3.05, 3.63) is 65.2 Å². The van der Waals surface area contributed by atoms with E-state index in [-0.39, 0.29) is 18.0 Å². The number of carbonyl (C=O) groups excluding carboxylic acids is 1. The molecular formula is C20H22N8O2. The molecule has 1 amide bonds. The van der Waals surface area contributed by atoms with Crippen molar-refractivity contribution in [1.29, 1.82) is 0 Å². The van der Waals surface area contributed by atoms with Gasteiger partial charge in [-0.15, -0.1) is 0 Å². The molecule has 30 heavy (non-hydrogen) atoms. The fourth-order valence-corrected chi connectivity index (χ4v) is 2.85. The van der Waals surface area contributed by atoms with Crippen molar-refractivity contribution in [2.24, 2.45) is 0 Å². The predicted molar refractivity (Wildman–Crippen MR) is 112 cm³/mol. The van der Waals surface area contributed by atoms with Crippen molar-refractivity contribution in [3.8, 4) is 0 Å². The van der Waals surface area contributed by atoms with Crippen molar-refractivity contribution in [2.75, 3.05) is 23.7 Å². The molecule has 10 nitrogen and oxygen atoms in total. The molecular weight excluding hydrogens is 384 g/mol. The van der Waals surface area contributed by atoms with Crippen LogP contribution in [0.25, 0.3) is 0 Å². The molecule has 1 saturated carbocycles. The van der Waals surface area contributed by atoms with Crippen LogP contribution in [0.1, 0.15) is 24.5 Å². The second kappa shape index (κ2) is 9.12. The first-order chi connectivity index (χ1) is 14.7.